The number of hydrogen-bond acceptors (Lipinski definition) is 3. The Kier molecular flexibility index (Phi) is 4.56. The van der Waals surface area contributed by atoms with Crippen molar-refractivity contribution in [3.8, 4) is 0 Å². The van der Waals surface area contributed by atoms with Gasteiger partial charge in [0.2, 0.25) is 0 Å². The normalized spacial score (nSPS) is 21.0. The summed E-state index contributed by atoms with van der Waals surface area (Å²) in [5.41, 5.74) is 2.82. The van der Waals surface area contributed by atoms with E-state index in [0.717, 1.165) is 26.2 Å². The van der Waals surface area contributed by atoms with Gasteiger partial charge in [0.15, 0.2) is 0 Å². The Bertz CT molecular complexity index is 278. The predicted octanol–water partition coefficient (Wildman–Crippen LogP) is 1.63. The molecule has 0 bridgehead atoms. The summed E-state index contributed by atoms with van der Waals surface area (Å²) in [5.74, 6) is 0. The van der Waals surface area contributed by atoms with Crippen LogP contribution in [-0.2, 0) is 4.74 Å². The van der Waals surface area contributed by atoms with E-state index in [1.165, 1.54) is 11.3 Å². The van der Waals surface area contributed by atoms with Crippen molar-refractivity contribution < 1.29 is 4.74 Å². The second-order valence-electron chi connectivity index (χ2n) is 4.56. The van der Waals surface area contributed by atoms with E-state index in [9.17, 15) is 0 Å². The number of nitrogens with one attached hydrogen (secondary N) is 1. The third-order valence-corrected chi connectivity index (χ3v) is 3.70. The van der Waals surface area contributed by atoms with Crippen LogP contribution in [0.15, 0.2) is 23.9 Å². The maximum atomic E-state index is 5.09. The van der Waals surface area contributed by atoms with Crippen molar-refractivity contribution in [2.45, 2.75) is 13.8 Å². The minimum Gasteiger partial charge on any atom is -0.392 e. The summed E-state index contributed by atoms with van der Waals surface area (Å²) in [7, 11) is 3.72. The minimum absolute atomic E-state index is 0.167. The van der Waals surface area contributed by atoms with E-state index in [0.29, 0.717) is 0 Å². The molecule has 0 aromatic heterocycles. The third kappa shape index (κ3) is 2.47. The fourth-order valence-corrected chi connectivity index (χ4v) is 2.21. The zero-order valence-corrected chi connectivity index (χ0v) is 11.0. The van der Waals surface area contributed by atoms with Crippen LogP contribution in [-0.4, -0.2) is 45.3 Å². The summed E-state index contributed by atoms with van der Waals surface area (Å²) in [6.07, 6.45) is 2.09. The maximum absolute atomic E-state index is 5.09. The van der Waals surface area contributed by atoms with E-state index in [-0.39, 0.29) is 5.41 Å². The van der Waals surface area contributed by atoms with Gasteiger partial charge in [-0.25, -0.2) is 0 Å². The average Bonchev–Trinajstić information content (AvgIpc) is 2.26. The lowest BCUT2D eigenvalue weighted by Gasteiger charge is -2.50. The van der Waals surface area contributed by atoms with Gasteiger partial charge in [0.05, 0.1) is 6.61 Å². The van der Waals surface area contributed by atoms with E-state index in [1.807, 2.05) is 7.05 Å². The SMILES string of the molecule is C=CC1(/C(C)=C(/C)NC)CN(CCOC)C1. The van der Waals surface area contributed by atoms with Gasteiger partial charge >= 0.3 is 0 Å². The van der Waals surface area contributed by atoms with Crippen molar-refractivity contribution >= 4 is 0 Å². The summed E-state index contributed by atoms with van der Waals surface area (Å²) in [4.78, 5) is 2.40. The predicted molar refractivity (Wildman–Crippen MR) is 68.4 cm³/mol. The number of likely N-dealkylation sites (tertiary alicyclic amines) is 1. The van der Waals surface area contributed by atoms with E-state index in [2.05, 4.69) is 36.7 Å². The van der Waals surface area contributed by atoms with Gasteiger partial charge in [0, 0.05) is 44.9 Å². The summed E-state index contributed by atoms with van der Waals surface area (Å²) in [6, 6.07) is 0. The van der Waals surface area contributed by atoms with Gasteiger partial charge in [-0.05, 0) is 19.4 Å². The lowest BCUT2D eigenvalue weighted by Crippen LogP contribution is -2.56. The third-order valence-electron chi connectivity index (χ3n) is 3.70. The number of hydrogen-bond donors (Lipinski definition) is 1. The van der Waals surface area contributed by atoms with Crippen LogP contribution in [0.4, 0.5) is 0 Å². The molecule has 16 heavy (non-hydrogen) atoms. The molecule has 1 fully saturated rings. The molecule has 0 aromatic carbocycles. The summed E-state index contributed by atoms with van der Waals surface area (Å²) in [5, 5.41) is 3.22. The van der Waals surface area contributed by atoms with Crippen LogP contribution in [0.25, 0.3) is 0 Å². The molecule has 0 amide bonds. The van der Waals surface area contributed by atoms with Crippen LogP contribution < -0.4 is 5.32 Å². The van der Waals surface area contributed by atoms with Crippen molar-refractivity contribution in [1.29, 1.82) is 0 Å². The Hall–Kier alpha value is -0.800. The van der Waals surface area contributed by atoms with Crippen molar-refractivity contribution in [2.24, 2.45) is 5.41 Å². The van der Waals surface area contributed by atoms with Crippen LogP contribution in [0.1, 0.15) is 13.8 Å². The molecule has 0 aliphatic carbocycles. The number of allylic oxidation sites excluding steroid dienone is 1. The fraction of sp³-hybridized carbons (Fsp3) is 0.692. The first-order valence-corrected chi connectivity index (χ1v) is 5.80. The van der Waals surface area contributed by atoms with Crippen molar-refractivity contribution in [1.82, 2.24) is 10.2 Å². The quantitative estimate of drug-likeness (QED) is 0.694. The van der Waals surface area contributed by atoms with Crippen molar-refractivity contribution in [3.05, 3.63) is 23.9 Å². The van der Waals surface area contributed by atoms with Gasteiger partial charge in [0.25, 0.3) is 0 Å². The van der Waals surface area contributed by atoms with E-state index in [1.54, 1.807) is 7.11 Å². The van der Waals surface area contributed by atoms with Gasteiger partial charge in [-0.2, -0.15) is 0 Å². The van der Waals surface area contributed by atoms with Crippen molar-refractivity contribution in [3.63, 3.8) is 0 Å². The highest BCUT2D eigenvalue weighted by Crippen LogP contribution is 2.39. The van der Waals surface area contributed by atoms with Crippen LogP contribution in [0.5, 0.6) is 0 Å². The molecule has 3 nitrogen and oxygen atoms in total. The van der Waals surface area contributed by atoms with Gasteiger partial charge in [0.1, 0.15) is 0 Å². The van der Waals surface area contributed by atoms with Crippen LogP contribution >= 0.6 is 0 Å². The monoisotopic (exact) mass is 224 g/mol. The Morgan fingerprint density at radius 1 is 1.50 bits per heavy atom. The van der Waals surface area contributed by atoms with Crippen LogP contribution in [0, 0.1) is 5.41 Å². The van der Waals surface area contributed by atoms with E-state index in [4.69, 9.17) is 4.74 Å². The zero-order chi connectivity index (χ0) is 12.2. The van der Waals surface area contributed by atoms with Gasteiger partial charge < -0.3 is 10.1 Å². The Balaban J connectivity index is 2.61. The fourth-order valence-electron chi connectivity index (χ4n) is 2.21. The number of nitrogens with zero attached hydrogens (tertiary/aromatic N) is 1. The lowest BCUT2D eigenvalue weighted by molar-refractivity contribution is 0.0402. The molecule has 0 atom stereocenters. The molecule has 1 heterocycles. The molecular formula is C13H24N2O. The average molecular weight is 224 g/mol. The smallest absolute Gasteiger partial charge is 0.0589 e. The molecule has 1 aliphatic heterocycles. The van der Waals surface area contributed by atoms with Crippen LogP contribution in [0.3, 0.4) is 0 Å². The van der Waals surface area contributed by atoms with E-state index >= 15 is 0 Å². The van der Waals surface area contributed by atoms with Crippen molar-refractivity contribution in [2.75, 3.05) is 40.4 Å². The first-order valence-electron chi connectivity index (χ1n) is 5.80. The number of methoxy groups -OCH3 is 1. The molecule has 3 heteroatoms. The highest BCUT2D eigenvalue weighted by atomic mass is 16.5. The molecule has 1 N–H and O–H groups in total. The van der Waals surface area contributed by atoms with E-state index < -0.39 is 0 Å². The largest absolute Gasteiger partial charge is 0.392 e. The number of rotatable bonds is 6. The topological polar surface area (TPSA) is 24.5 Å². The second-order valence-corrected chi connectivity index (χ2v) is 4.56. The maximum Gasteiger partial charge on any atom is 0.0589 e. The summed E-state index contributed by atoms with van der Waals surface area (Å²) < 4.78 is 5.09. The summed E-state index contributed by atoms with van der Waals surface area (Å²) >= 11 is 0. The molecule has 0 saturated carbocycles. The molecule has 0 aromatic rings. The summed E-state index contributed by atoms with van der Waals surface area (Å²) in [6.45, 7) is 12.2. The lowest BCUT2D eigenvalue weighted by atomic mass is 9.73. The van der Waals surface area contributed by atoms with Crippen LogP contribution in [0.2, 0.25) is 0 Å². The first-order chi connectivity index (χ1) is 7.59. The minimum atomic E-state index is 0.167. The Labute approximate surface area is 99.2 Å². The molecule has 0 spiro atoms. The first kappa shape index (κ1) is 13.3. The molecule has 92 valence electrons. The molecule has 1 aliphatic rings. The second kappa shape index (κ2) is 5.51. The number of ether oxygens (including phenoxy) is 1. The standard InChI is InChI=1S/C13H24N2O/c1-6-13(11(2)12(3)14-4)9-15(10-13)7-8-16-5/h6,14H,1,7-10H2,2-5H3/b12-11-. The molecule has 1 rings (SSSR count). The molecule has 1 saturated heterocycles. The molecule has 0 unspecified atom stereocenters. The van der Waals surface area contributed by atoms with Gasteiger partial charge in [-0.15, -0.1) is 6.58 Å². The Morgan fingerprint density at radius 3 is 2.56 bits per heavy atom. The highest BCUT2D eigenvalue weighted by molar-refractivity contribution is 5.28. The molecular weight excluding hydrogens is 200 g/mol. The highest BCUT2D eigenvalue weighted by Gasteiger charge is 2.41. The van der Waals surface area contributed by atoms with Gasteiger partial charge in [-0.3, -0.25) is 4.90 Å². The Morgan fingerprint density at radius 2 is 2.12 bits per heavy atom. The molecule has 0 radical (unpaired) electrons. The van der Waals surface area contributed by atoms with Gasteiger partial charge in [-0.1, -0.05) is 6.08 Å². The zero-order valence-electron chi connectivity index (χ0n) is 11.0.